The lowest BCUT2D eigenvalue weighted by Gasteiger charge is -2.33. The van der Waals surface area contributed by atoms with Crippen LogP contribution in [0.2, 0.25) is 0 Å². The van der Waals surface area contributed by atoms with Gasteiger partial charge in [-0.25, -0.2) is 0 Å². The maximum absolute atomic E-state index is 11.4. The summed E-state index contributed by atoms with van der Waals surface area (Å²) in [5.41, 5.74) is 0. The first-order chi connectivity index (χ1) is 7.27. The number of carbonyl (C=O) groups excluding carboxylic acids is 1. The van der Waals surface area contributed by atoms with Crippen LogP contribution in [0.1, 0.15) is 19.3 Å². The van der Waals surface area contributed by atoms with Gasteiger partial charge in [0, 0.05) is 12.6 Å². The summed E-state index contributed by atoms with van der Waals surface area (Å²) in [5, 5.41) is 20.3. The highest BCUT2D eigenvalue weighted by Crippen LogP contribution is 2.15. The fourth-order valence-corrected chi connectivity index (χ4v) is 1.91. The van der Waals surface area contributed by atoms with Gasteiger partial charge in [0.1, 0.15) is 0 Å². The molecule has 1 atom stereocenters. The van der Waals surface area contributed by atoms with Gasteiger partial charge in [-0.05, 0) is 19.4 Å². The zero-order valence-electron chi connectivity index (χ0n) is 8.98. The molecule has 1 rings (SSSR count). The monoisotopic (exact) mass is 216 g/mol. The molecular formula is C10H20N2O3. The molecule has 1 aliphatic heterocycles. The minimum absolute atomic E-state index is 0.0326. The summed E-state index contributed by atoms with van der Waals surface area (Å²) in [6, 6.07) is 0.124. The van der Waals surface area contributed by atoms with Gasteiger partial charge in [0.05, 0.1) is 19.8 Å². The van der Waals surface area contributed by atoms with Gasteiger partial charge >= 0.3 is 0 Å². The van der Waals surface area contributed by atoms with E-state index in [2.05, 4.69) is 5.32 Å². The Morgan fingerprint density at radius 2 is 2.20 bits per heavy atom. The lowest BCUT2D eigenvalue weighted by atomic mass is 10.0. The van der Waals surface area contributed by atoms with Crippen molar-refractivity contribution in [1.29, 1.82) is 0 Å². The third-order valence-electron chi connectivity index (χ3n) is 2.74. The normalized spacial score (nSPS) is 22.7. The van der Waals surface area contributed by atoms with E-state index >= 15 is 0 Å². The van der Waals surface area contributed by atoms with Gasteiger partial charge in [-0.3, -0.25) is 9.69 Å². The summed E-state index contributed by atoms with van der Waals surface area (Å²) in [6.07, 6.45) is 3.17. The second-order valence-electron chi connectivity index (χ2n) is 3.88. The predicted octanol–water partition coefficient (Wildman–Crippen LogP) is -1.06. The molecule has 15 heavy (non-hydrogen) atoms. The molecular weight excluding hydrogens is 196 g/mol. The summed E-state index contributed by atoms with van der Waals surface area (Å²) >= 11 is 0. The Bertz CT molecular complexity index is 199. The topological polar surface area (TPSA) is 72.8 Å². The van der Waals surface area contributed by atoms with E-state index in [1.165, 1.54) is 0 Å². The van der Waals surface area contributed by atoms with Crippen LogP contribution in [0.4, 0.5) is 0 Å². The number of rotatable bonds is 5. The van der Waals surface area contributed by atoms with Gasteiger partial charge in [-0.2, -0.15) is 0 Å². The Kier molecular flexibility index (Phi) is 5.60. The van der Waals surface area contributed by atoms with Gasteiger partial charge < -0.3 is 15.5 Å². The first-order valence-electron chi connectivity index (χ1n) is 5.50. The second kappa shape index (κ2) is 6.76. The van der Waals surface area contributed by atoms with Crippen molar-refractivity contribution in [3.05, 3.63) is 0 Å². The van der Waals surface area contributed by atoms with E-state index in [1.807, 2.05) is 4.90 Å². The van der Waals surface area contributed by atoms with Crippen molar-refractivity contribution in [3.8, 4) is 0 Å². The van der Waals surface area contributed by atoms with E-state index in [1.54, 1.807) is 0 Å². The number of hydrogen-bond donors (Lipinski definition) is 3. The van der Waals surface area contributed by atoms with Crippen LogP contribution >= 0.6 is 0 Å². The molecule has 1 aliphatic rings. The number of nitrogens with one attached hydrogen (secondary N) is 1. The van der Waals surface area contributed by atoms with Crippen LogP contribution in [0, 0.1) is 0 Å². The van der Waals surface area contributed by atoms with E-state index < -0.39 is 0 Å². The Balaban J connectivity index is 2.30. The van der Waals surface area contributed by atoms with E-state index in [9.17, 15) is 4.79 Å². The van der Waals surface area contributed by atoms with Crippen molar-refractivity contribution in [2.75, 3.05) is 32.8 Å². The lowest BCUT2D eigenvalue weighted by molar-refractivity contribution is -0.123. The molecule has 0 aromatic rings. The highest BCUT2D eigenvalue weighted by Gasteiger charge is 2.23. The number of aliphatic hydroxyl groups excluding tert-OH is 2. The fraction of sp³-hybridized carbons (Fsp3) is 0.900. The third kappa shape index (κ3) is 4.15. The molecule has 0 spiro atoms. The van der Waals surface area contributed by atoms with Gasteiger partial charge in [0.15, 0.2) is 0 Å². The maximum atomic E-state index is 11.4. The van der Waals surface area contributed by atoms with E-state index in [0.29, 0.717) is 13.1 Å². The molecule has 5 nitrogen and oxygen atoms in total. The number of likely N-dealkylation sites (tertiary alicyclic amines) is 1. The van der Waals surface area contributed by atoms with Crippen LogP contribution in [0.5, 0.6) is 0 Å². The Hall–Kier alpha value is -0.650. The molecule has 0 bridgehead atoms. The molecule has 1 heterocycles. The molecule has 0 aromatic carbocycles. The lowest BCUT2D eigenvalue weighted by Crippen LogP contribution is -2.47. The average molecular weight is 216 g/mol. The molecule has 0 saturated carbocycles. The summed E-state index contributed by atoms with van der Waals surface area (Å²) in [7, 11) is 0. The van der Waals surface area contributed by atoms with Gasteiger partial charge in [-0.1, -0.05) is 6.42 Å². The standard InChI is InChI=1S/C10H20N2O3/c13-6-4-11-10(15)7-12-5-2-1-3-9(12)8-14/h9,13-14H,1-8H2,(H,11,15). The number of hydrogen-bond acceptors (Lipinski definition) is 4. The van der Waals surface area contributed by atoms with Crippen LogP contribution in [0.3, 0.4) is 0 Å². The van der Waals surface area contributed by atoms with Crippen LogP contribution in [0.15, 0.2) is 0 Å². The van der Waals surface area contributed by atoms with Crippen molar-refractivity contribution >= 4 is 5.91 Å². The number of nitrogens with zero attached hydrogens (tertiary/aromatic N) is 1. The molecule has 0 aliphatic carbocycles. The number of carbonyl (C=O) groups is 1. The zero-order chi connectivity index (χ0) is 11.1. The van der Waals surface area contributed by atoms with Gasteiger partial charge in [0.25, 0.3) is 0 Å². The molecule has 1 saturated heterocycles. The van der Waals surface area contributed by atoms with Crippen LogP contribution < -0.4 is 5.32 Å². The summed E-state index contributed by atoms with van der Waals surface area (Å²) in [4.78, 5) is 13.4. The molecule has 3 N–H and O–H groups in total. The fourth-order valence-electron chi connectivity index (χ4n) is 1.91. The molecule has 1 unspecified atom stereocenters. The predicted molar refractivity (Wildman–Crippen MR) is 56.4 cm³/mol. The zero-order valence-corrected chi connectivity index (χ0v) is 8.98. The van der Waals surface area contributed by atoms with Crippen molar-refractivity contribution in [3.63, 3.8) is 0 Å². The minimum atomic E-state index is -0.0793. The SMILES string of the molecule is O=C(CN1CCCCC1CO)NCCO. The van der Waals surface area contributed by atoms with E-state index in [4.69, 9.17) is 10.2 Å². The smallest absolute Gasteiger partial charge is 0.234 e. The van der Waals surface area contributed by atoms with Crippen molar-refractivity contribution in [2.45, 2.75) is 25.3 Å². The largest absolute Gasteiger partial charge is 0.395 e. The van der Waals surface area contributed by atoms with Crippen LogP contribution in [0.25, 0.3) is 0 Å². The van der Waals surface area contributed by atoms with Crippen LogP contribution in [-0.4, -0.2) is 59.9 Å². The average Bonchev–Trinajstić information content (AvgIpc) is 2.27. The summed E-state index contributed by atoms with van der Waals surface area (Å²) in [6.45, 7) is 1.59. The van der Waals surface area contributed by atoms with Gasteiger partial charge in [0.2, 0.25) is 5.91 Å². The number of amides is 1. The van der Waals surface area contributed by atoms with Crippen molar-refractivity contribution in [1.82, 2.24) is 10.2 Å². The Labute approximate surface area is 90.1 Å². The number of piperidine rings is 1. The first-order valence-corrected chi connectivity index (χ1v) is 5.50. The summed E-state index contributed by atoms with van der Waals surface area (Å²) in [5.74, 6) is -0.0793. The van der Waals surface area contributed by atoms with Crippen LogP contribution in [-0.2, 0) is 4.79 Å². The van der Waals surface area contributed by atoms with E-state index in [-0.39, 0.29) is 25.2 Å². The highest BCUT2D eigenvalue weighted by atomic mass is 16.3. The molecule has 0 aromatic heterocycles. The van der Waals surface area contributed by atoms with Crippen molar-refractivity contribution in [2.24, 2.45) is 0 Å². The van der Waals surface area contributed by atoms with E-state index in [0.717, 1.165) is 25.8 Å². The second-order valence-corrected chi connectivity index (χ2v) is 3.88. The molecule has 0 radical (unpaired) electrons. The molecule has 5 heteroatoms. The maximum Gasteiger partial charge on any atom is 0.234 e. The molecule has 88 valence electrons. The highest BCUT2D eigenvalue weighted by molar-refractivity contribution is 5.78. The first kappa shape index (κ1) is 12.4. The van der Waals surface area contributed by atoms with Crippen molar-refractivity contribution < 1.29 is 15.0 Å². The quantitative estimate of drug-likeness (QED) is 0.548. The third-order valence-corrected chi connectivity index (χ3v) is 2.74. The van der Waals surface area contributed by atoms with Gasteiger partial charge in [-0.15, -0.1) is 0 Å². The summed E-state index contributed by atoms with van der Waals surface area (Å²) < 4.78 is 0. The Morgan fingerprint density at radius 1 is 1.40 bits per heavy atom. The Morgan fingerprint density at radius 3 is 2.87 bits per heavy atom. The minimum Gasteiger partial charge on any atom is -0.395 e. The molecule has 1 amide bonds. The number of aliphatic hydroxyl groups is 2. The molecule has 1 fully saturated rings.